The highest BCUT2D eigenvalue weighted by molar-refractivity contribution is 7.99. The number of guanidine groups is 1. The maximum absolute atomic E-state index is 4.61. The van der Waals surface area contributed by atoms with Gasteiger partial charge in [-0.3, -0.25) is 4.99 Å². The lowest BCUT2D eigenvalue weighted by Crippen LogP contribution is -2.39. The summed E-state index contributed by atoms with van der Waals surface area (Å²) in [7, 11) is 1.81. The number of aryl methyl sites for hydroxylation is 2. The van der Waals surface area contributed by atoms with Crippen molar-refractivity contribution < 1.29 is 0 Å². The zero-order valence-electron chi connectivity index (χ0n) is 14.6. The molecule has 0 aliphatic rings. The number of nitrogens with zero attached hydrogens (tertiary/aromatic N) is 3. The summed E-state index contributed by atoms with van der Waals surface area (Å²) in [5, 5.41) is 6.69. The van der Waals surface area contributed by atoms with E-state index in [4.69, 9.17) is 0 Å². The highest BCUT2D eigenvalue weighted by Crippen LogP contribution is 2.15. The molecule has 0 fully saturated rings. The summed E-state index contributed by atoms with van der Waals surface area (Å²) in [5.41, 5.74) is 2.27. The smallest absolute Gasteiger partial charge is 0.191 e. The third kappa shape index (κ3) is 5.30. The first-order chi connectivity index (χ1) is 11.8. The molecule has 0 saturated heterocycles. The van der Waals surface area contributed by atoms with Crippen LogP contribution in [0.1, 0.15) is 12.2 Å². The standard InChI is InChI=1S/C18H27N5S/c1-4-13-24-14-11-21-18(19-3)20-10-7-12-23-15(2)22-16-8-5-6-9-17(16)23/h4-6,8-9H,1,7,10-14H2,2-3H3,(H2,19,20,21). The van der Waals surface area contributed by atoms with Crippen LogP contribution >= 0.6 is 11.8 Å². The second-order valence-electron chi connectivity index (χ2n) is 5.44. The van der Waals surface area contributed by atoms with Crippen molar-refractivity contribution in [3.63, 3.8) is 0 Å². The third-order valence-electron chi connectivity index (χ3n) is 3.69. The molecule has 0 saturated carbocycles. The average molecular weight is 346 g/mol. The van der Waals surface area contributed by atoms with Crippen LogP contribution in [0.25, 0.3) is 11.0 Å². The number of nitrogens with one attached hydrogen (secondary N) is 2. The molecular formula is C18H27N5S. The molecule has 0 radical (unpaired) electrons. The van der Waals surface area contributed by atoms with Crippen molar-refractivity contribution >= 4 is 28.8 Å². The molecule has 6 heteroatoms. The number of hydrogen-bond acceptors (Lipinski definition) is 3. The lowest BCUT2D eigenvalue weighted by Gasteiger charge is -2.12. The number of para-hydroxylation sites is 2. The lowest BCUT2D eigenvalue weighted by atomic mass is 10.3. The van der Waals surface area contributed by atoms with Crippen LogP contribution in [0.15, 0.2) is 41.9 Å². The molecule has 24 heavy (non-hydrogen) atoms. The summed E-state index contributed by atoms with van der Waals surface area (Å²) in [5.74, 6) is 3.97. The van der Waals surface area contributed by atoms with E-state index in [9.17, 15) is 0 Å². The number of benzene rings is 1. The highest BCUT2D eigenvalue weighted by Gasteiger charge is 2.06. The van der Waals surface area contributed by atoms with Crippen LogP contribution in [-0.2, 0) is 6.54 Å². The molecule has 1 aromatic carbocycles. The summed E-state index contributed by atoms with van der Waals surface area (Å²) in [6.45, 7) is 8.52. The van der Waals surface area contributed by atoms with Crippen molar-refractivity contribution in [3.8, 4) is 0 Å². The average Bonchev–Trinajstić information content (AvgIpc) is 2.92. The minimum absolute atomic E-state index is 0.862. The van der Waals surface area contributed by atoms with Crippen molar-refractivity contribution in [2.24, 2.45) is 4.99 Å². The molecule has 2 rings (SSSR count). The van der Waals surface area contributed by atoms with Gasteiger partial charge >= 0.3 is 0 Å². The Hall–Kier alpha value is -1.95. The van der Waals surface area contributed by atoms with E-state index in [0.29, 0.717) is 0 Å². The van der Waals surface area contributed by atoms with E-state index in [1.165, 1.54) is 5.52 Å². The van der Waals surface area contributed by atoms with E-state index in [1.54, 1.807) is 7.05 Å². The largest absolute Gasteiger partial charge is 0.356 e. The molecule has 2 N–H and O–H groups in total. The Balaban J connectivity index is 1.73. The van der Waals surface area contributed by atoms with Crippen LogP contribution in [0.4, 0.5) is 0 Å². The Morgan fingerprint density at radius 1 is 1.33 bits per heavy atom. The van der Waals surface area contributed by atoms with Crippen LogP contribution in [-0.4, -0.2) is 47.2 Å². The minimum Gasteiger partial charge on any atom is -0.356 e. The molecular weight excluding hydrogens is 318 g/mol. The summed E-state index contributed by atoms with van der Waals surface area (Å²) < 4.78 is 2.28. The van der Waals surface area contributed by atoms with Crippen molar-refractivity contribution in [2.45, 2.75) is 19.9 Å². The Labute approximate surface area is 148 Å². The molecule has 0 aliphatic carbocycles. The van der Waals surface area contributed by atoms with Crippen molar-refractivity contribution in [1.29, 1.82) is 0 Å². The van der Waals surface area contributed by atoms with Gasteiger partial charge in [0.1, 0.15) is 5.82 Å². The molecule has 0 bridgehead atoms. The van der Waals surface area contributed by atoms with Gasteiger partial charge in [-0.25, -0.2) is 4.98 Å². The molecule has 5 nitrogen and oxygen atoms in total. The Bertz CT molecular complexity index is 677. The molecule has 2 aromatic rings. The number of thioether (sulfide) groups is 1. The zero-order chi connectivity index (χ0) is 17.2. The molecule has 0 unspecified atom stereocenters. The minimum atomic E-state index is 0.862. The van der Waals surface area contributed by atoms with Gasteiger partial charge in [-0.1, -0.05) is 18.2 Å². The van der Waals surface area contributed by atoms with E-state index in [-0.39, 0.29) is 0 Å². The molecule has 1 aromatic heterocycles. The number of fused-ring (bicyclic) bond motifs is 1. The summed E-state index contributed by atoms with van der Waals surface area (Å²) in [6, 6.07) is 8.29. The lowest BCUT2D eigenvalue weighted by molar-refractivity contribution is 0.625. The highest BCUT2D eigenvalue weighted by atomic mass is 32.2. The van der Waals surface area contributed by atoms with Gasteiger partial charge in [0.25, 0.3) is 0 Å². The zero-order valence-corrected chi connectivity index (χ0v) is 15.4. The van der Waals surface area contributed by atoms with Gasteiger partial charge in [-0.2, -0.15) is 11.8 Å². The predicted octanol–water partition coefficient (Wildman–Crippen LogP) is 2.82. The first-order valence-electron chi connectivity index (χ1n) is 8.31. The van der Waals surface area contributed by atoms with Crippen molar-refractivity contribution in [2.75, 3.05) is 31.6 Å². The van der Waals surface area contributed by atoms with Gasteiger partial charge in [-0.15, -0.1) is 6.58 Å². The summed E-state index contributed by atoms with van der Waals surface area (Å²) in [4.78, 5) is 8.86. The fraction of sp³-hybridized carbons (Fsp3) is 0.444. The van der Waals surface area contributed by atoms with E-state index in [1.807, 2.05) is 23.9 Å². The van der Waals surface area contributed by atoms with Crippen LogP contribution < -0.4 is 10.6 Å². The van der Waals surface area contributed by atoms with E-state index < -0.39 is 0 Å². The molecule has 0 atom stereocenters. The first-order valence-corrected chi connectivity index (χ1v) is 9.46. The van der Waals surface area contributed by atoms with Crippen molar-refractivity contribution in [3.05, 3.63) is 42.7 Å². The van der Waals surface area contributed by atoms with Gasteiger partial charge < -0.3 is 15.2 Å². The topological polar surface area (TPSA) is 54.2 Å². The van der Waals surface area contributed by atoms with Crippen LogP contribution in [0, 0.1) is 6.92 Å². The SMILES string of the molecule is C=CCSCCNC(=NC)NCCCn1c(C)nc2ccccc21. The molecule has 0 aliphatic heterocycles. The summed E-state index contributed by atoms with van der Waals surface area (Å²) in [6.07, 6.45) is 2.95. The Morgan fingerprint density at radius 2 is 2.12 bits per heavy atom. The normalized spacial score (nSPS) is 11.7. The van der Waals surface area contributed by atoms with Crippen LogP contribution in [0.5, 0.6) is 0 Å². The molecule has 1 heterocycles. The molecule has 130 valence electrons. The van der Waals surface area contributed by atoms with E-state index >= 15 is 0 Å². The second-order valence-corrected chi connectivity index (χ2v) is 6.59. The van der Waals surface area contributed by atoms with Gasteiger partial charge in [0.2, 0.25) is 0 Å². The Kier molecular flexibility index (Phi) is 7.68. The fourth-order valence-corrected chi connectivity index (χ4v) is 3.13. The monoisotopic (exact) mass is 345 g/mol. The predicted molar refractivity (Wildman–Crippen MR) is 106 cm³/mol. The van der Waals surface area contributed by atoms with Crippen LogP contribution in [0.3, 0.4) is 0 Å². The summed E-state index contributed by atoms with van der Waals surface area (Å²) >= 11 is 1.86. The van der Waals surface area contributed by atoms with Crippen molar-refractivity contribution in [1.82, 2.24) is 20.2 Å². The fourth-order valence-electron chi connectivity index (χ4n) is 2.55. The van der Waals surface area contributed by atoms with E-state index in [0.717, 1.165) is 54.9 Å². The molecule has 0 amide bonds. The number of imidazole rings is 1. The van der Waals surface area contributed by atoms with Gasteiger partial charge in [0.05, 0.1) is 11.0 Å². The van der Waals surface area contributed by atoms with Crippen LogP contribution in [0.2, 0.25) is 0 Å². The third-order valence-corrected chi connectivity index (χ3v) is 4.66. The van der Waals surface area contributed by atoms with Gasteiger partial charge in [0.15, 0.2) is 5.96 Å². The first kappa shape index (κ1) is 18.4. The maximum atomic E-state index is 4.61. The molecule has 0 spiro atoms. The van der Waals surface area contributed by atoms with E-state index in [2.05, 4.69) is 56.9 Å². The second kappa shape index (κ2) is 10.0. The number of rotatable bonds is 9. The maximum Gasteiger partial charge on any atom is 0.191 e. The van der Waals surface area contributed by atoms with Gasteiger partial charge in [-0.05, 0) is 25.5 Å². The Morgan fingerprint density at radius 3 is 2.92 bits per heavy atom. The van der Waals surface area contributed by atoms with Gasteiger partial charge in [0, 0.05) is 38.2 Å². The quantitative estimate of drug-likeness (QED) is 0.318. The number of hydrogen-bond donors (Lipinski definition) is 2. The number of aromatic nitrogens is 2. The number of aliphatic imine (C=N–C) groups is 1.